The van der Waals surface area contributed by atoms with Crippen molar-refractivity contribution in [1.82, 2.24) is 9.88 Å². The molecule has 1 atom stereocenters. The number of fused-ring (bicyclic) bond motifs is 1. The molecule has 2 nitrogen and oxygen atoms in total. The molecule has 0 fully saturated rings. The standard InChI is InChI=1S/C12H16N2/c1-10(9-13-2)14-8-7-11-5-3-4-6-12(11)14/h3-8,10,13H,9H2,1-2H3. The molecule has 14 heavy (non-hydrogen) atoms. The summed E-state index contributed by atoms with van der Waals surface area (Å²) in [7, 11) is 1.99. The van der Waals surface area contributed by atoms with Gasteiger partial charge in [0.05, 0.1) is 0 Å². The topological polar surface area (TPSA) is 17.0 Å². The highest BCUT2D eigenvalue weighted by Crippen LogP contribution is 2.19. The highest BCUT2D eigenvalue weighted by Gasteiger charge is 2.05. The van der Waals surface area contributed by atoms with Crippen LogP contribution in [0.3, 0.4) is 0 Å². The summed E-state index contributed by atoms with van der Waals surface area (Å²) in [5.74, 6) is 0. The molecule has 0 bridgehead atoms. The Labute approximate surface area is 84.5 Å². The molecule has 1 aromatic carbocycles. The third kappa shape index (κ3) is 1.53. The van der Waals surface area contributed by atoms with Crippen LogP contribution in [0.25, 0.3) is 10.9 Å². The molecule has 0 saturated heterocycles. The second kappa shape index (κ2) is 3.84. The normalized spacial score (nSPS) is 13.3. The first kappa shape index (κ1) is 9.28. The van der Waals surface area contributed by atoms with Gasteiger partial charge in [-0.05, 0) is 31.5 Å². The maximum absolute atomic E-state index is 3.20. The van der Waals surface area contributed by atoms with Crippen LogP contribution < -0.4 is 5.32 Å². The van der Waals surface area contributed by atoms with Crippen LogP contribution in [0.15, 0.2) is 36.5 Å². The first-order chi connectivity index (χ1) is 6.83. The second-order valence-corrected chi connectivity index (χ2v) is 3.69. The SMILES string of the molecule is CNCC(C)n1ccc2ccccc21. The van der Waals surface area contributed by atoms with Gasteiger partial charge in [0.25, 0.3) is 0 Å². The van der Waals surface area contributed by atoms with Crippen molar-refractivity contribution in [2.24, 2.45) is 0 Å². The molecule has 0 amide bonds. The van der Waals surface area contributed by atoms with Crippen molar-refractivity contribution < 1.29 is 0 Å². The van der Waals surface area contributed by atoms with E-state index in [1.807, 2.05) is 7.05 Å². The molecule has 0 saturated carbocycles. The molecule has 1 aromatic heterocycles. The molecule has 0 aliphatic heterocycles. The quantitative estimate of drug-likeness (QED) is 0.782. The van der Waals surface area contributed by atoms with Crippen molar-refractivity contribution in [3.63, 3.8) is 0 Å². The summed E-state index contributed by atoms with van der Waals surface area (Å²) in [4.78, 5) is 0. The summed E-state index contributed by atoms with van der Waals surface area (Å²) in [6, 6.07) is 11.2. The van der Waals surface area contributed by atoms with Crippen LogP contribution in [0.2, 0.25) is 0 Å². The van der Waals surface area contributed by atoms with Gasteiger partial charge >= 0.3 is 0 Å². The zero-order chi connectivity index (χ0) is 9.97. The van der Waals surface area contributed by atoms with E-state index in [0.29, 0.717) is 6.04 Å². The van der Waals surface area contributed by atoms with Crippen molar-refractivity contribution in [2.75, 3.05) is 13.6 Å². The largest absolute Gasteiger partial charge is 0.343 e. The Hall–Kier alpha value is -1.28. The number of likely N-dealkylation sites (N-methyl/N-ethyl adjacent to an activating group) is 1. The lowest BCUT2D eigenvalue weighted by Crippen LogP contribution is -2.19. The Kier molecular flexibility index (Phi) is 2.55. The van der Waals surface area contributed by atoms with E-state index >= 15 is 0 Å². The number of rotatable bonds is 3. The summed E-state index contributed by atoms with van der Waals surface area (Å²) < 4.78 is 2.31. The first-order valence-corrected chi connectivity index (χ1v) is 5.03. The fourth-order valence-corrected chi connectivity index (χ4v) is 1.88. The number of nitrogens with one attached hydrogen (secondary N) is 1. The predicted octanol–water partition coefficient (Wildman–Crippen LogP) is 2.42. The van der Waals surface area contributed by atoms with Crippen LogP contribution in [0.1, 0.15) is 13.0 Å². The molecular weight excluding hydrogens is 172 g/mol. The van der Waals surface area contributed by atoms with Crippen LogP contribution in [0.5, 0.6) is 0 Å². The van der Waals surface area contributed by atoms with Gasteiger partial charge in [-0.2, -0.15) is 0 Å². The average molecular weight is 188 g/mol. The van der Waals surface area contributed by atoms with Gasteiger partial charge in [0, 0.05) is 24.3 Å². The summed E-state index contributed by atoms with van der Waals surface area (Å²) in [6.07, 6.45) is 2.16. The van der Waals surface area contributed by atoms with E-state index in [1.165, 1.54) is 10.9 Å². The minimum Gasteiger partial charge on any atom is -0.343 e. The lowest BCUT2D eigenvalue weighted by atomic mass is 10.2. The summed E-state index contributed by atoms with van der Waals surface area (Å²) >= 11 is 0. The molecule has 0 aliphatic rings. The van der Waals surface area contributed by atoms with Crippen molar-refractivity contribution in [3.05, 3.63) is 36.5 Å². The number of aromatic nitrogens is 1. The highest BCUT2D eigenvalue weighted by molar-refractivity contribution is 5.80. The van der Waals surface area contributed by atoms with Gasteiger partial charge in [0.15, 0.2) is 0 Å². The van der Waals surface area contributed by atoms with Crippen molar-refractivity contribution >= 4 is 10.9 Å². The molecule has 0 radical (unpaired) electrons. The van der Waals surface area contributed by atoms with Gasteiger partial charge in [0.2, 0.25) is 0 Å². The molecule has 0 aliphatic carbocycles. The van der Waals surface area contributed by atoms with Gasteiger partial charge in [-0.25, -0.2) is 0 Å². The van der Waals surface area contributed by atoms with Crippen molar-refractivity contribution in [3.8, 4) is 0 Å². The summed E-state index contributed by atoms with van der Waals surface area (Å²) in [6.45, 7) is 3.22. The van der Waals surface area contributed by atoms with E-state index in [1.54, 1.807) is 0 Å². The van der Waals surface area contributed by atoms with E-state index in [9.17, 15) is 0 Å². The maximum Gasteiger partial charge on any atom is 0.0483 e. The molecule has 2 heteroatoms. The van der Waals surface area contributed by atoms with Crippen LogP contribution >= 0.6 is 0 Å². The van der Waals surface area contributed by atoms with Crippen molar-refractivity contribution in [1.29, 1.82) is 0 Å². The third-order valence-electron chi connectivity index (χ3n) is 2.60. The van der Waals surface area contributed by atoms with Crippen LogP contribution in [-0.4, -0.2) is 18.2 Å². The van der Waals surface area contributed by atoms with Gasteiger partial charge in [-0.3, -0.25) is 0 Å². The van der Waals surface area contributed by atoms with Gasteiger partial charge in [-0.1, -0.05) is 18.2 Å². The monoisotopic (exact) mass is 188 g/mol. The molecule has 2 rings (SSSR count). The zero-order valence-electron chi connectivity index (χ0n) is 8.70. The molecule has 74 valence electrons. The second-order valence-electron chi connectivity index (χ2n) is 3.69. The van der Waals surface area contributed by atoms with Crippen LogP contribution in [0.4, 0.5) is 0 Å². The highest BCUT2D eigenvalue weighted by atomic mass is 15.0. The van der Waals surface area contributed by atoms with E-state index in [0.717, 1.165) is 6.54 Å². The van der Waals surface area contributed by atoms with Crippen LogP contribution in [-0.2, 0) is 0 Å². The minimum atomic E-state index is 0.500. The molecule has 1 unspecified atom stereocenters. The number of nitrogens with zero attached hydrogens (tertiary/aromatic N) is 1. The lowest BCUT2D eigenvalue weighted by molar-refractivity contribution is 0.533. The number of hydrogen-bond acceptors (Lipinski definition) is 1. The zero-order valence-corrected chi connectivity index (χ0v) is 8.70. The molecule has 1 N–H and O–H groups in total. The maximum atomic E-state index is 3.20. The summed E-state index contributed by atoms with van der Waals surface area (Å²) in [5.41, 5.74) is 1.32. The fourth-order valence-electron chi connectivity index (χ4n) is 1.88. The van der Waals surface area contributed by atoms with Gasteiger partial charge in [0.1, 0.15) is 0 Å². The molecular formula is C12H16N2. The van der Waals surface area contributed by atoms with E-state index < -0.39 is 0 Å². The Morgan fingerprint density at radius 1 is 1.29 bits per heavy atom. The summed E-state index contributed by atoms with van der Waals surface area (Å²) in [5, 5.41) is 4.51. The van der Waals surface area contributed by atoms with Gasteiger partial charge < -0.3 is 9.88 Å². The Morgan fingerprint density at radius 3 is 2.86 bits per heavy atom. The molecule has 1 heterocycles. The predicted molar refractivity (Wildman–Crippen MR) is 60.6 cm³/mol. The van der Waals surface area contributed by atoms with Crippen LogP contribution in [0, 0.1) is 0 Å². The smallest absolute Gasteiger partial charge is 0.0483 e. The number of benzene rings is 1. The Morgan fingerprint density at radius 2 is 2.07 bits per heavy atom. The van der Waals surface area contributed by atoms with E-state index in [-0.39, 0.29) is 0 Å². The van der Waals surface area contributed by atoms with E-state index in [2.05, 4.69) is 53.3 Å². The van der Waals surface area contributed by atoms with E-state index in [4.69, 9.17) is 0 Å². The van der Waals surface area contributed by atoms with Crippen molar-refractivity contribution in [2.45, 2.75) is 13.0 Å². The Bertz CT molecular complexity index is 417. The fraction of sp³-hybridized carbons (Fsp3) is 0.333. The van der Waals surface area contributed by atoms with Gasteiger partial charge in [-0.15, -0.1) is 0 Å². The number of para-hydroxylation sites is 1. The minimum absolute atomic E-state index is 0.500. The lowest BCUT2D eigenvalue weighted by Gasteiger charge is -2.14. The third-order valence-corrected chi connectivity index (χ3v) is 2.60. The first-order valence-electron chi connectivity index (χ1n) is 5.03. The number of hydrogen-bond donors (Lipinski definition) is 1. The molecule has 2 aromatic rings. The molecule has 0 spiro atoms. The average Bonchev–Trinajstić information content (AvgIpc) is 2.61. The Balaban J connectivity index is 2.42.